The molecule has 0 aromatic heterocycles. The fourth-order valence-corrected chi connectivity index (χ4v) is 2.11. The molecule has 1 aliphatic rings. The highest BCUT2D eigenvalue weighted by atomic mass is 16.5. The van der Waals surface area contributed by atoms with Crippen molar-refractivity contribution in [3.63, 3.8) is 0 Å². The fourth-order valence-electron chi connectivity index (χ4n) is 2.11. The summed E-state index contributed by atoms with van der Waals surface area (Å²) >= 11 is 0. The molecule has 1 unspecified atom stereocenters. The minimum absolute atomic E-state index is 0.357. The van der Waals surface area contributed by atoms with Crippen LogP contribution in [0.25, 0.3) is 0 Å². The zero-order valence-corrected chi connectivity index (χ0v) is 10.0. The summed E-state index contributed by atoms with van der Waals surface area (Å²) < 4.78 is 5.28. The Morgan fingerprint density at radius 3 is 2.75 bits per heavy atom. The molecule has 0 radical (unpaired) electrons. The Balaban J connectivity index is 2.23. The third-order valence-electron chi connectivity index (χ3n) is 3.13. The van der Waals surface area contributed by atoms with Crippen LogP contribution in [-0.4, -0.2) is 31.8 Å². The molecule has 16 heavy (non-hydrogen) atoms. The first-order valence-corrected chi connectivity index (χ1v) is 5.85. The van der Waals surface area contributed by atoms with E-state index in [0.717, 1.165) is 13.2 Å². The maximum atomic E-state index is 5.78. The van der Waals surface area contributed by atoms with E-state index >= 15 is 0 Å². The molecule has 3 heteroatoms. The van der Waals surface area contributed by atoms with E-state index in [1.54, 1.807) is 0 Å². The zero-order chi connectivity index (χ0) is 11.5. The number of hydrogen-bond donors (Lipinski definition) is 1. The van der Waals surface area contributed by atoms with Crippen molar-refractivity contribution in [2.45, 2.75) is 25.9 Å². The van der Waals surface area contributed by atoms with Crippen LogP contribution in [0.2, 0.25) is 0 Å². The minimum atomic E-state index is 0.357. The molecule has 0 saturated carbocycles. The molecule has 88 valence electrons. The number of ether oxygens (including phenoxy) is 1. The lowest BCUT2D eigenvalue weighted by molar-refractivity contribution is 0.00551. The summed E-state index contributed by atoms with van der Waals surface area (Å²) in [5.74, 6) is 0. The van der Waals surface area contributed by atoms with E-state index in [0.29, 0.717) is 18.6 Å². The number of benzene rings is 1. The molecule has 2 rings (SSSR count). The van der Waals surface area contributed by atoms with Crippen LogP contribution in [-0.2, 0) is 4.74 Å². The molecule has 1 aromatic rings. The van der Waals surface area contributed by atoms with Gasteiger partial charge in [-0.05, 0) is 31.5 Å². The standard InChI is InChI=1S/C13H20N2O/c1-10-4-3-5-12(6-10)15(11(2)7-14)13-8-16-9-13/h3-6,11,13H,7-9,14H2,1-2H3. The highest BCUT2D eigenvalue weighted by Gasteiger charge is 2.29. The molecule has 2 N–H and O–H groups in total. The molecule has 3 nitrogen and oxygen atoms in total. The van der Waals surface area contributed by atoms with Crippen LogP contribution in [0.15, 0.2) is 24.3 Å². The van der Waals surface area contributed by atoms with Gasteiger partial charge in [0.2, 0.25) is 0 Å². The second kappa shape index (κ2) is 4.85. The lowest BCUT2D eigenvalue weighted by Gasteiger charge is -2.42. The van der Waals surface area contributed by atoms with E-state index < -0.39 is 0 Å². The van der Waals surface area contributed by atoms with E-state index in [1.807, 2.05) is 0 Å². The van der Waals surface area contributed by atoms with Gasteiger partial charge in [-0.1, -0.05) is 12.1 Å². The molecular weight excluding hydrogens is 200 g/mol. The molecule has 0 bridgehead atoms. The molecule has 0 aliphatic carbocycles. The van der Waals surface area contributed by atoms with Crippen molar-refractivity contribution in [3.05, 3.63) is 29.8 Å². The van der Waals surface area contributed by atoms with E-state index in [-0.39, 0.29) is 0 Å². The molecule has 1 heterocycles. The van der Waals surface area contributed by atoms with Crippen molar-refractivity contribution >= 4 is 5.69 Å². The van der Waals surface area contributed by atoms with Crippen molar-refractivity contribution in [3.8, 4) is 0 Å². The Bertz CT molecular complexity index is 345. The van der Waals surface area contributed by atoms with Crippen molar-refractivity contribution in [2.24, 2.45) is 5.73 Å². The third-order valence-corrected chi connectivity index (χ3v) is 3.13. The predicted molar refractivity (Wildman–Crippen MR) is 66.8 cm³/mol. The topological polar surface area (TPSA) is 38.5 Å². The van der Waals surface area contributed by atoms with Crippen LogP contribution in [0.4, 0.5) is 5.69 Å². The van der Waals surface area contributed by atoms with Crippen molar-refractivity contribution in [1.29, 1.82) is 0 Å². The summed E-state index contributed by atoms with van der Waals surface area (Å²) in [5, 5.41) is 0. The first-order chi connectivity index (χ1) is 7.72. The van der Waals surface area contributed by atoms with Crippen LogP contribution < -0.4 is 10.6 Å². The molecule has 0 amide bonds. The normalized spacial score (nSPS) is 17.9. The average Bonchev–Trinajstić information content (AvgIpc) is 2.22. The molecule has 1 atom stereocenters. The first kappa shape index (κ1) is 11.4. The van der Waals surface area contributed by atoms with Gasteiger partial charge in [0.15, 0.2) is 0 Å². The number of rotatable bonds is 4. The van der Waals surface area contributed by atoms with Crippen molar-refractivity contribution < 1.29 is 4.74 Å². The van der Waals surface area contributed by atoms with Crippen LogP contribution >= 0.6 is 0 Å². The van der Waals surface area contributed by atoms with Gasteiger partial charge < -0.3 is 15.4 Å². The van der Waals surface area contributed by atoms with E-state index in [2.05, 4.69) is 43.0 Å². The predicted octanol–water partition coefficient (Wildman–Crippen LogP) is 1.55. The summed E-state index contributed by atoms with van der Waals surface area (Å²) in [5.41, 5.74) is 8.32. The highest BCUT2D eigenvalue weighted by molar-refractivity contribution is 5.50. The number of hydrogen-bond acceptors (Lipinski definition) is 3. The lowest BCUT2D eigenvalue weighted by Crippen LogP contribution is -2.54. The largest absolute Gasteiger partial charge is 0.377 e. The van der Waals surface area contributed by atoms with Crippen LogP contribution in [0, 0.1) is 6.92 Å². The summed E-state index contributed by atoms with van der Waals surface area (Å²) in [6.07, 6.45) is 0. The monoisotopic (exact) mass is 220 g/mol. The molecule has 1 fully saturated rings. The molecule has 0 spiro atoms. The Morgan fingerprint density at radius 2 is 2.25 bits per heavy atom. The van der Waals surface area contributed by atoms with Gasteiger partial charge in [0, 0.05) is 18.3 Å². The van der Waals surface area contributed by atoms with Gasteiger partial charge in [-0.25, -0.2) is 0 Å². The molecular formula is C13H20N2O. The van der Waals surface area contributed by atoms with Crippen molar-refractivity contribution in [2.75, 3.05) is 24.7 Å². The summed E-state index contributed by atoms with van der Waals surface area (Å²) in [6.45, 7) is 6.59. The Hall–Kier alpha value is -1.06. The number of nitrogens with two attached hydrogens (primary N) is 1. The Kier molecular flexibility index (Phi) is 3.46. The smallest absolute Gasteiger partial charge is 0.0760 e. The van der Waals surface area contributed by atoms with Crippen LogP contribution in [0.1, 0.15) is 12.5 Å². The fraction of sp³-hybridized carbons (Fsp3) is 0.538. The van der Waals surface area contributed by atoms with Gasteiger partial charge in [-0.3, -0.25) is 0 Å². The summed E-state index contributed by atoms with van der Waals surface area (Å²) in [4.78, 5) is 2.39. The minimum Gasteiger partial charge on any atom is -0.377 e. The second-order valence-corrected chi connectivity index (χ2v) is 4.52. The first-order valence-electron chi connectivity index (χ1n) is 5.85. The molecule has 1 saturated heterocycles. The van der Waals surface area contributed by atoms with Gasteiger partial charge >= 0.3 is 0 Å². The van der Waals surface area contributed by atoms with Gasteiger partial charge in [0.1, 0.15) is 0 Å². The summed E-state index contributed by atoms with van der Waals surface area (Å²) in [7, 11) is 0. The zero-order valence-electron chi connectivity index (χ0n) is 10.0. The second-order valence-electron chi connectivity index (χ2n) is 4.52. The lowest BCUT2D eigenvalue weighted by atomic mass is 10.1. The van der Waals surface area contributed by atoms with E-state index in [9.17, 15) is 0 Å². The van der Waals surface area contributed by atoms with E-state index in [1.165, 1.54) is 11.3 Å². The average molecular weight is 220 g/mol. The number of nitrogens with zero attached hydrogens (tertiary/aromatic N) is 1. The highest BCUT2D eigenvalue weighted by Crippen LogP contribution is 2.24. The van der Waals surface area contributed by atoms with E-state index in [4.69, 9.17) is 10.5 Å². The molecule has 1 aliphatic heterocycles. The SMILES string of the molecule is Cc1cccc(N(C(C)CN)C2COC2)c1. The Labute approximate surface area is 97.2 Å². The van der Waals surface area contributed by atoms with Gasteiger partial charge in [0.25, 0.3) is 0 Å². The van der Waals surface area contributed by atoms with Gasteiger partial charge in [-0.2, -0.15) is 0 Å². The van der Waals surface area contributed by atoms with Gasteiger partial charge in [0.05, 0.1) is 19.3 Å². The molecule has 1 aromatic carbocycles. The quantitative estimate of drug-likeness (QED) is 0.836. The maximum Gasteiger partial charge on any atom is 0.0760 e. The number of anilines is 1. The van der Waals surface area contributed by atoms with Crippen molar-refractivity contribution in [1.82, 2.24) is 0 Å². The third kappa shape index (κ3) is 2.20. The number of aryl methyl sites for hydroxylation is 1. The van der Waals surface area contributed by atoms with Crippen LogP contribution in [0.5, 0.6) is 0 Å². The van der Waals surface area contributed by atoms with Gasteiger partial charge in [-0.15, -0.1) is 0 Å². The maximum absolute atomic E-state index is 5.78. The Morgan fingerprint density at radius 1 is 1.50 bits per heavy atom. The summed E-state index contributed by atoms with van der Waals surface area (Å²) in [6, 6.07) is 9.42. The van der Waals surface area contributed by atoms with Crippen LogP contribution in [0.3, 0.4) is 0 Å².